The molecule has 0 fully saturated rings. The number of ketones is 1. The lowest BCUT2D eigenvalue weighted by Gasteiger charge is -2.31. The van der Waals surface area contributed by atoms with Gasteiger partial charge in [-0.1, -0.05) is 76.2 Å². The van der Waals surface area contributed by atoms with Crippen LogP contribution in [0.5, 0.6) is 0 Å². The summed E-state index contributed by atoms with van der Waals surface area (Å²) in [4.78, 5) is 12.3. The summed E-state index contributed by atoms with van der Waals surface area (Å²) in [6.45, 7) is 11.3. The third-order valence-electron chi connectivity index (χ3n) is 4.00. The second-order valence-corrected chi connectivity index (χ2v) is 12.7. The molecule has 1 aromatic carbocycles. The predicted molar refractivity (Wildman–Crippen MR) is 97.2 cm³/mol. The molecular formula is C19H32O2Si. The molecule has 0 aliphatic heterocycles. The molecule has 0 bridgehead atoms. The zero-order valence-corrected chi connectivity index (χ0v) is 15.9. The average Bonchev–Trinajstić information content (AvgIpc) is 2.46. The van der Waals surface area contributed by atoms with Gasteiger partial charge in [0.05, 0.1) is 14.2 Å². The van der Waals surface area contributed by atoms with Crippen LogP contribution in [0.2, 0.25) is 19.6 Å². The molecule has 0 aliphatic rings. The highest BCUT2D eigenvalue weighted by atomic mass is 28.3. The zero-order chi connectivity index (χ0) is 16.6. The SMILES string of the molecule is CCCCCC(OC(C)CC(=O)c1ccccc1)[Si](C)(C)C. The van der Waals surface area contributed by atoms with Gasteiger partial charge < -0.3 is 4.74 Å². The maximum absolute atomic E-state index is 12.3. The number of benzene rings is 1. The van der Waals surface area contributed by atoms with Gasteiger partial charge in [0, 0.05) is 17.7 Å². The number of hydrogen-bond donors (Lipinski definition) is 0. The molecule has 1 aromatic rings. The minimum atomic E-state index is -1.36. The van der Waals surface area contributed by atoms with Crippen LogP contribution >= 0.6 is 0 Å². The predicted octanol–water partition coefficient (Wildman–Crippen LogP) is 5.49. The van der Waals surface area contributed by atoms with E-state index in [1.807, 2.05) is 37.3 Å². The maximum Gasteiger partial charge on any atom is 0.165 e. The summed E-state index contributed by atoms with van der Waals surface area (Å²) in [7, 11) is -1.36. The molecule has 1 rings (SSSR count). The first kappa shape index (κ1) is 19.1. The first-order chi connectivity index (χ1) is 10.3. The van der Waals surface area contributed by atoms with Crippen molar-refractivity contribution in [2.24, 2.45) is 0 Å². The monoisotopic (exact) mass is 320 g/mol. The highest BCUT2D eigenvalue weighted by Gasteiger charge is 2.29. The molecule has 0 N–H and O–H groups in total. The summed E-state index contributed by atoms with van der Waals surface area (Å²) in [6.07, 6.45) is 5.32. The van der Waals surface area contributed by atoms with E-state index in [1.54, 1.807) is 0 Å². The molecule has 2 atom stereocenters. The summed E-state index contributed by atoms with van der Waals surface area (Å²) in [6, 6.07) is 9.52. The van der Waals surface area contributed by atoms with E-state index in [1.165, 1.54) is 19.3 Å². The summed E-state index contributed by atoms with van der Waals surface area (Å²) >= 11 is 0. The first-order valence-corrected chi connectivity index (χ1v) is 12.2. The van der Waals surface area contributed by atoms with Crippen molar-refractivity contribution in [2.75, 3.05) is 0 Å². The highest BCUT2D eigenvalue weighted by molar-refractivity contribution is 6.77. The van der Waals surface area contributed by atoms with Crippen molar-refractivity contribution < 1.29 is 9.53 Å². The van der Waals surface area contributed by atoms with E-state index >= 15 is 0 Å². The smallest absolute Gasteiger partial charge is 0.165 e. The Morgan fingerprint density at radius 2 is 1.77 bits per heavy atom. The lowest BCUT2D eigenvalue weighted by Crippen LogP contribution is -2.42. The largest absolute Gasteiger partial charge is 0.378 e. The van der Waals surface area contributed by atoms with Crippen molar-refractivity contribution in [2.45, 2.75) is 77.4 Å². The Hall–Kier alpha value is -0.933. The van der Waals surface area contributed by atoms with E-state index in [0.717, 1.165) is 12.0 Å². The number of carbonyl (C=O) groups is 1. The van der Waals surface area contributed by atoms with Gasteiger partial charge in [-0.2, -0.15) is 0 Å². The number of ether oxygens (including phenoxy) is 1. The summed E-state index contributed by atoms with van der Waals surface area (Å²) in [5.41, 5.74) is 1.13. The van der Waals surface area contributed by atoms with Crippen molar-refractivity contribution in [3.8, 4) is 0 Å². The Bertz CT molecular complexity index is 436. The van der Waals surface area contributed by atoms with Gasteiger partial charge in [0.25, 0.3) is 0 Å². The van der Waals surface area contributed by atoms with Gasteiger partial charge in [-0.15, -0.1) is 0 Å². The summed E-state index contributed by atoms with van der Waals surface area (Å²) < 4.78 is 6.29. The number of rotatable bonds is 10. The number of hydrogen-bond acceptors (Lipinski definition) is 2. The molecule has 22 heavy (non-hydrogen) atoms. The van der Waals surface area contributed by atoms with E-state index in [0.29, 0.717) is 12.1 Å². The number of unbranched alkanes of at least 4 members (excludes halogenated alkanes) is 2. The summed E-state index contributed by atoms with van der Waals surface area (Å²) in [5, 5.41) is 0. The fraction of sp³-hybridized carbons (Fsp3) is 0.632. The highest BCUT2D eigenvalue weighted by Crippen LogP contribution is 2.21. The van der Waals surface area contributed by atoms with Crippen molar-refractivity contribution in [1.82, 2.24) is 0 Å². The van der Waals surface area contributed by atoms with Crippen LogP contribution in [0, 0.1) is 0 Å². The third kappa shape index (κ3) is 6.88. The van der Waals surface area contributed by atoms with Gasteiger partial charge in [0.15, 0.2) is 5.78 Å². The van der Waals surface area contributed by atoms with Crippen molar-refractivity contribution in [3.63, 3.8) is 0 Å². The van der Waals surface area contributed by atoms with Gasteiger partial charge >= 0.3 is 0 Å². The molecule has 0 aromatic heterocycles. The van der Waals surface area contributed by atoms with Gasteiger partial charge in [0.2, 0.25) is 0 Å². The Kier molecular flexibility index (Phi) is 8.05. The number of Topliss-reactive ketones (excluding diaryl/α,β-unsaturated/α-hetero) is 1. The van der Waals surface area contributed by atoms with E-state index < -0.39 is 8.07 Å². The van der Waals surface area contributed by atoms with Crippen LogP contribution in [-0.2, 0) is 4.74 Å². The van der Waals surface area contributed by atoms with Crippen molar-refractivity contribution >= 4 is 13.9 Å². The Labute approximate surface area is 137 Å². The second kappa shape index (κ2) is 9.26. The summed E-state index contributed by atoms with van der Waals surface area (Å²) in [5.74, 6) is 0.177. The lowest BCUT2D eigenvalue weighted by molar-refractivity contribution is 0.0266. The molecule has 2 unspecified atom stereocenters. The van der Waals surface area contributed by atoms with Crippen molar-refractivity contribution in [1.29, 1.82) is 0 Å². The van der Waals surface area contributed by atoms with E-state index in [4.69, 9.17) is 4.74 Å². The standard InChI is InChI=1S/C19H32O2Si/c1-6-7-9-14-19(22(3,4)5)21-16(2)15-18(20)17-12-10-8-11-13-17/h8,10-13,16,19H,6-7,9,14-15H2,1-5H3. The Balaban J connectivity index is 2.55. The minimum absolute atomic E-state index is 0.00828. The minimum Gasteiger partial charge on any atom is -0.378 e. The lowest BCUT2D eigenvalue weighted by atomic mass is 10.1. The third-order valence-corrected chi connectivity index (χ3v) is 6.36. The Morgan fingerprint density at radius 1 is 1.14 bits per heavy atom. The molecule has 0 heterocycles. The maximum atomic E-state index is 12.3. The van der Waals surface area contributed by atoms with Crippen LogP contribution in [0.4, 0.5) is 0 Å². The van der Waals surface area contributed by atoms with Gasteiger partial charge in [-0.05, 0) is 13.3 Å². The normalized spacial score (nSPS) is 14.6. The van der Waals surface area contributed by atoms with E-state index in [2.05, 4.69) is 26.6 Å². The van der Waals surface area contributed by atoms with Crippen LogP contribution in [-0.4, -0.2) is 25.7 Å². The fourth-order valence-corrected chi connectivity index (χ4v) is 4.33. The van der Waals surface area contributed by atoms with Crippen molar-refractivity contribution in [3.05, 3.63) is 35.9 Å². The molecule has 0 aliphatic carbocycles. The topological polar surface area (TPSA) is 26.3 Å². The zero-order valence-electron chi connectivity index (χ0n) is 14.9. The molecule has 0 saturated carbocycles. The van der Waals surface area contributed by atoms with Crippen LogP contribution in [0.25, 0.3) is 0 Å². The number of carbonyl (C=O) groups excluding carboxylic acids is 1. The van der Waals surface area contributed by atoms with E-state index in [-0.39, 0.29) is 11.9 Å². The molecule has 3 heteroatoms. The van der Waals surface area contributed by atoms with Crippen LogP contribution in [0.15, 0.2) is 30.3 Å². The molecule has 0 saturated heterocycles. The molecule has 0 amide bonds. The molecular weight excluding hydrogens is 288 g/mol. The quantitative estimate of drug-likeness (QED) is 0.324. The van der Waals surface area contributed by atoms with Gasteiger partial charge in [-0.25, -0.2) is 0 Å². The van der Waals surface area contributed by atoms with Crippen LogP contribution in [0.3, 0.4) is 0 Å². The van der Waals surface area contributed by atoms with Crippen LogP contribution < -0.4 is 0 Å². The van der Waals surface area contributed by atoms with E-state index in [9.17, 15) is 4.79 Å². The second-order valence-electron chi connectivity index (χ2n) is 7.29. The van der Waals surface area contributed by atoms with Gasteiger partial charge in [-0.3, -0.25) is 4.79 Å². The Morgan fingerprint density at radius 3 is 2.32 bits per heavy atom. The average molecular weight is 321 g/mol. The molecule has 0 spiro atoms. The fourth-order valence-electron chi connectivity index (χ4n) is 2.62. The van der Waals surface area contributed by atoms with Gasteiger partial charge in [0.1, 0.15) is 0 Å². The first-order valence-electron chi connectivity index (χ1n) is 8.58. The molecule has 124 valence electrons. The molecule has 2 nitrogen and oxygen atoms in total. The molecule has 0 radical (unpaired) electrons. The van der Waals surface area contributed by atoms with Crippen LogP contribution in [0.1, 0.15) is 56.3 Å².